The molecule has 8 heteroatoms. The molecule has 0 radical (unpaired) electrons. The minimum absolute atomic E-state index is 0.774. The molecule has 0 N–H and O–H groups in total. The summed E-state index contributed by atoms with van der Waals surface area (Å²) in [7, 11) is 0. The fourth-order valence-electron chi connectivity index (χ4n) is 2.23. The molecule has 120 valence electrons. The summed E-state index contributed by atoms with van der Waals surface area (Å²) in [6.07, 6.45) is 3.57. The van der Waals surface area contributed by atoms with Crippen molar-refractivity contribution in [2.24, 2.45) is 0 Å². The van der Waals surface area contributed by atoms with Crippen molar-refractivity contribution in [3.05, 3.63) is 64.7 Å². The van der Waals surface area contributed by atoms with E-state index in [1.807, 2.05) is 28.4 Å². The lowest BCUT2D eigenvalue weighted by molar-refractivity contribution is 0.887. The number of hydrogen-bond donors (Lipinski definition) is 0. The maximum atomic E-state index is 4.65. The Morgan fingerprint density at radius 1 is 1.08 bits per heavy atom. The molecule has 0 amide bonds. The van der Waals surface area contributed by atoms with E-state index < -0.39 is 0 Å². The monoisotopic (exact) mass is 417 g/mol. The highest BCUT2D eigenvalue weighted by Gasteiger charge is 2.13. The number of halogens is 1. The van der Waals surface area contributed by atoms with E-state index in [1.54, 1.807) is 12.4 Å². The lowest BCUT2D eigenvalue weighted by Crippen LogP contribution is -1.94. The lowest BCUT2D eigenvalue weighted by Gasteiger charge is -2.00. The molecule has 0 aliphatic heterocycles. The summed E-state index contributed by atoms with van der Waals surface area (Å²) in [5, 5.41) is 14.0. The van der Waals surface area contributed by atoms with Gasteiger partial charge in [0.05, 0.1) is 5.75 Å². The van der Waals surface area contributed by atoms with Gasteiger partial charge in [-0.3, -0.25) is 4.98 Å². The van der Waals surface area contributed by atoms with Crippen LogP contribution in [0.3, 0.4) is 0 Å². The van der Waals surface area contributed by atoms with Crippen LogP contribution in [0.15, 0.2) is 53.3 Å². The van der Waals surface area contributed by atoms with Crippen molar-refractivity contribution in [2.45, 2.75) is 11.5 Å². The van der Waals surface area contributed by atoms with Crippen LogP contribution in [-0.4, -0.2) is 24.8 Å². The van der Waals surface area contributed by atoms with Crippen LogP contribution in [0.25, 0.3) is 15.5 Å². The maximum Gasteiger partial charge on any atom is 0.235 e. The fraction of sp³-hybridized carbons (Fsp3) is 0.125. The Morgan fingerprint density at radius 3 is 2.79 bits per heavy atom. The zero-order chi connectivity index (χ0) is 16.4. The Labute approximate surface area is 155 Å². The molecule has 0 aliphatic carbocycles. The molecule has 24 heavy (non-hydrogen) atoms. The first-order valence-electron chi connectivity index (χ1n) is 7.23. The first kappa shape index (κ1) is 15.7. The summed E-state index contributed by atoms with van der Waals surface area (Å²) < 4.78 is 2.77. The standard InChI is InChI=1S/C16H12BrN5S2/c17-13-6-12(7-18-8-13)15-21-22-14(19-20-16(22)24-15)10-23-9-11-4-2-1-3-5-11/h1-8H,9-10H2. The van der Waals surface area contributed by atoms with E-state index in [4.69, 9.17) is 0 Å². The van der Waals surface area contributed by atoms with Gasteiger partial charge in [-0.25, -0.2) is 0 Å². The van der Waals surface area contributed by atoms with Crippen molar-refractivity contribution in [1.29, 1.82) is 0 Å². The van der Waals surface area contributed by atoms with Gasteiger partial charge in [0.2, 0.25) is 4.96 Å². The van der Waals surface area contributed by atoms with Gasteiger partial charge in [0.1, 0.15) is 5.01 Å². The van der Waals surface area contributed by atoms with E-state index in [2.05, 4.69) is 60.5 Å². The minimum atomic E-state index is 0.774. The summed E-state index contributed by atoms with van der Waals surface area (Å²) in [6.45, 7) is 0. The van der Waals surface area contributed by atoms with E-state index in [9.17, 15) is 0 Å². The van der Waals surface area contributed by atoms with Crippen LogP contribution in [-0.2, 0) is 11.5 Å². The van der Waals surface area contributed by atoms with Crippen LogP contribution in [0.1, 0.15) is 11.4 Å². The normalized spacial score (nSPS) is 11.2. The smallest absolute Gasteiger partial charge is 0.235 e. The molecular weight excluding hydrogens is 406 g/mol. The van der Waals surface area contributed by atoms with Crippen LogP contribution in [0.2, 0.25) is 0 Å². The highest BCUT2D eigenvalue weighted by molar-refractivity contribution is 9.10. The summed E-state index contributed by atoms with van der Waals surface area (Å²) in [5.41, 5.74) is 2.28. The lowest BCUT2D eigenvalue weighted by atomic mass is 10.2. The SMILES string of the molecule is Brc1cncc(-c2nn3c(CSCc4ccccc4)nnc3s2)c1. The third-order valence-electron chi connectivity index (χ3n) is 3.35. The van der Waals surface area contributed by atoms with E-state index in [1.165, 1.54) is 16.9 Å². The summed E-state index contributed by atoms with van der Waals surface area (Å²) >= 11 is 6.77. The predicted octanol–water partition coefficient (Wildman–Crippen LogP) is 4.44. The molecule has 3 aromatic heterocycles. The van der Waals surface area contributed by atoms with Gasteiger partial charge in [-0.1, -0.05) is 41.7 Å². The zero-order valence-electron chi connectivity index (χ0n) is 12.5. The third kappa shape index (κ3) is 3.35. The Kier molecular flexibility index (Phi) is 4.59. The second-order valence-corrected chi connectivity index (χ2v) is 7.95. The molecule has 4 rings (SSSR count). The molecule has 1 aromatic carbocycles. The molecule has 0 fully saturated rings. The largest absolute Gasteiger partial charge is 0.263 e. The predicted molar refractivity (Wildman–Crippen MR) is 101 cm³/mol. The number of benzene rings is 1. The Hall–Kier alpha value is -1.77. The summed E-state index contributed by atoms with van der Waals surface area (Å²) in [6, 6.07) is 12.4. The average Bonchev–Trinajstić information content (AvgIpc) is 3.18. The minimum Gasteiger partial charge on any atom is -0.263 e. The zero-order valence-corrected chi connectivity index (χ0v) is 15.7. The molecule has 0 saturated heterocycles. The van der Waals surface area contributed by atoms with Crippen LogP contribution in [0.4, 0.5) is 0 Å². The van der Waals surface area contributed by atoms with Gasteiger partial charge in [0.15, 0.2) is 5.82 Å². The van der Waals surface area contributed by atoms with Crippen molar-refractivity contribution >= 4 is 44.0 Å². The van der Waals surface area contributed by atoms with E-state index in [-0.39, 0.29) is 0 Å². The number of pyridine rings is 1. The number of thioether (sulfide) groups is 1. The van der Waals surface area contributed by atoms with E-state index >= 15 is 0 Å². The summed E-state index contributed by atoms with van der Waals surface area (Å²) in [5.74, 6) is 2.59. The van der Waals surface area contributed by atoms with Crippen molar-refractivity contribution in [2.75, 3.05) is 0 Å². The second kappa shape index (κ2) is 7.00. The Bertz CT molecular complexity index is 967. The second-order valence-electron chi connectivity index (χ2n) is 5.09. The third-order valence-corrected chi connectivity index (χ3v) is 5.73. The maximum absolute atomic E-state index is 4.65. The van der Waals surface area contributed by atoms with Crippen molar-refractivity contribution in [1.82, 2.24) is 24.8 Å². The van der Waals surface area contributed by atoms with Gasteiger partial charge in [0.25, 0.3) is 0 Å². The fourth-order valence-corrected chi connectivity index (χ4v) is 4.32. The molecular formula is C16H12BrN5S2. The quantitative estimate of drug-likeness (QED) is 0.480. The molecule has 4 aromatic rings. The molecule has 0 unspecified atom stereocenters. The van der Waals surface area contributed by atoms with Crippen molar-refractivity contribution in [3.63, 3.8) is 0 Å². The van der Waals surface area contributed by atoms with Crippen molar-refractivity contribution in [3.8, 4) is 10.6 Å². The number of aromatic nitrogens is 5. The number of hydrogen-bond acceptors (Lipinski definition) is 6. The number of fused-ring (bicyclic) bond motifs is 1. The molecule has 3 heterocycles. The Morgan fingerprint density at radius 2 is 1.96 bits per heavy atom. The number of nitrogens with zero attached hydrogens (tertiary/aromatic N) is 5. The van der Waals surface area contributed by atoms with Gasteiger partial charge < -0.3 is 0 Å². The van der Waals surface area contributed by atoms with Crippen LogP contribution >= 0.6 is 39.0 Å². The first-order chi connectivity index (χ1) is 11.8. The molecule has 0 spiro atoms. The van der Waals surface area contributed by atoms with Gasteiger partial charge in [-0.05, 0) is 27.6 Å². The van der Waals surface area contributed by atoms with Crippen LogP contribution < -0.4 is 0 Å². The highest BCUT2D eigenvalue weighted by Crippen LogP contribution is 2.27. The first-order valence-corrected chi connectivity index (χ1v) is 10.00. The highest BCUT2D eigenvalue weighted by atomic mass is 79.9. The van der Waals surface area contributed by atoms with Crippen molar-refractivity contribution < 1.29 is 0 Å². The Balaban J connectivity index is 1.52. The van der Waals surface area contributed by atoms with Crippen LogP contribution in [0, 0.1) is 0 Å². The van der Waals surface area contributed by atoms with Gasteiger partial charge in [-0.2, -0.15) is 9.61 Å². The van der Waals surface area contributed by atoms with E-state index in [0.29, 0.717) is 0 Å². The average molecular weight is 418 g/mol. The van der Waals surface area contributed by atoms with Gasteiger partial charge in [-0.15, -0.1) is 22.0 Å². The van der Waals surface area contributed by atoms with Gasteiger partial charge in [0, 0.05) is 28.2 Å². The van der Waals surface area contributed by atoms with Gasteiger partial charge >= 0.3 is 0 Å². The van der Waals surface area contributed by atoms with Crippen LogP contribution in [0.5, 0.6) is 0 Å². The molecule has 0 bridgehead atoms. The molecule has 0 saturated carbocycles. The molecule has 0 atom stereocenters. The summed E-state index contributed by atoms with van der Waals surface area (Å²) in [4.78, 5) is 5.00. The molecule has 5 nitrogen and oxygen atoms in total. The molecule has 0 aliphatic rings. The number of rotatable bonds is 5. The topological polar surface area (TPSA) is 56.0 Å². The van der Waals surface area contributed by atoms with E-state index in [0.717, 1.165) is 37.3 Å².